The van der Waals surface area contributed by atoms with Crippen LogP contribution in [0.15, 0.2) is 36.4 Å². The summed E-state index contributed by atoms with van der Waals surface area (Å²) in [5.41, 5.74) is 5.22. The Kier molecular flexibility index (Phi) is 7.15. The maximum absolute atomic E-state index is 9.51. The molecule has 0 bridgehead atoms. The van der Waals surface area contributed by atoms with Crippen LogP contribution in [0.25, 0.3) is 21.1 Å². The van der Waals surface area contributed by atoms with E-state index >= 15 is 0 Å². The first kappa shape index (κ1) is 22.4. The molecule has 1 aromatic heterocycles. The number of ether oxygens (including phenoxy) is 1. The van der Waals surface area contributed by atoms with Crippen LogP contribution in [0.5, 0.6) is 5.75 Å². The van der Waals surface area contributed by atoms with Gasteiger partial charge in [-0.15, -0.1) is 10.2 Å². The second-order valence-electron chi connectivity index (χ2n) is 8.30. The van der Waals surface area contributed by atoms with E-state index in [1.807, 2.05) is 32.0 Å². The molecule has 1 aliphatic rings. The van der Waals surface area contributed by atoms with E-state index in [4.69, 9.17) is 9.84 Å². The summed E-state index contributed by atoms with van der Waals surface area (Å²) >= 11 is 1.53. The van der Waals surface area contributed by atoms with Gasteiger partial charge in [-0.3, -0.25) is 0 Å². The van der Waals surface area contributed by atoms with Crippen molar-refractivity contribution in [1.29, 1.82) is 5.26 Å². The third-order valence-corrected chi connectivity index (χ3v) is 6.64. The maximum Gasteiger partial charge on any atom is 0.148 e. The highest BCUT2D eigenvalue weighted by Crippen LogP contribution is 2.33. The molecule has 0 amide bonds. The van der Waals surface area contributed by atoms with E-state index in [-0.39, 0.29) is 12.7 Å². The SMILES string of the molecule is CC(C)Oc1ccc(-c2nnc(-c3ccc4c(c3)CCN(CCCO)CC4)s2)cc1C#N. The van der Waals surface area contributed by atoms with Crippen LogP contribution < -0.4 is 4.74 Å². The van der Waals surface area contributed by atoms with Crippen molar-refractivity contribution in [3.63, 3.8) is 0 Å². The first-order valence-corrected chi connectivity index (χ1v) is 11.9. The first-order chi connectivity index (χ1) is 15.6. The van der Waals surface area contributed by atoms with E-state index in [1.165, 1.54) is 22.5 Å². The van der Waals surface area contributed by atoms with Crippen molar-refractivity contribution in [2.45, 2.75) is 39.2 Å². The predicted molar refractivity (Wildman–Crippen MR) is 127 cm³/mol. The molecule has 1 aliphatic heterocycles. The molecule has 2 heterocycles. The van der Waals surface area contributed by atoms with Crippen molar-refractivity contribution in [3.05, 3.63) is 53.1 Å². The van der Waals surface area contributed by atoms with Gasteiger partial charge in [-0.1, -0.05) is 23.5 Å². The van der Waals surface area contributed by atoms with Crippen LogP contribution >= 0.6 is 11.3 Å². The zero-order valence-corrected chi connectivity index (χ0v) is 19.4. The molecule has 0 saturated carbocycles. The van der Waals surface area contributed by atoms with Gasteiger partial charge in [0.2, 0.25) is 0 Å². The number of hydrogen-bond donors (Lipinski definition) is 1. The number of hydrogen-bond acceptors (Lipinski definition) is 7. The minimum atomic E-state index is 0.0102. The average molecular weight is 449 g/mol. The van der Waals surface area contributed by atoms with Gasteiger partial charge in [0.1, 0.15) is 21.8 Å². The molecule has 1 N–H and O–H groups in total. The summed E-state index contributed by atoms with van der Waals surface area (Å²) in [5.74, 6) is 0.592. The lowest BCUT2D eigenvalue weighted by atomic mass is 10.0. The molecule has 2 aromatic carbocycles. The van der Waals surface area contributed by atoms with Crippen molar-refractivity contribution in [1.82, 2.24) is 15.1 Å². The quantitative estimate of drug-likeness (QED) is 0.580. The number of nitrogens with zero attached hydrogens (tertiary/aromatic N) is 4. The van der Waals surface area contributed by atoms with E-state index < -0.39 is 0 Å². The maximum atomic E-state index is 9.51. The van der Waals surface area contributed by atoms with Crippen LogP contribution in [0, 0.1) is 11.3 Å². The minimum Gasteiger partial charge on any atom is -0.490 e. The van der Waals surface area contributed by atoms with Gasteiger partial charge in [-0.2, -0.15) is 5.26 Å². The van der Waals surface area contributed by atoms with Gasteiger partial charge in [0.05, 0.1) is 11.7 Å². The highest BCUT2D eigenvalue weighted by molar-refractivity contribution is 7.17. The van der Waals surface area contributed by atoms with E-state index in [9.17, 15) is 5.26 Å². The van der Waals surface area contributed by atoms with E-state index in [0.29, 0.717) is 11.3 Å². The van der Waals surface area contributed by atoms with E-state index in [0.717, 1.165) is 60.0 Å². The fourth-order valence-electron chi connectivity index (χ4n) is 3.99. The molecule has 0 saturated heterocycles. The minimum absolute atomic E-state index is 0.0102. The van der Waals surface area contributed by atoms with Crippen molar-refractivity contribution in [2.24, 2.45) is 0 Å². The molecule has 6 nitrogen and oxygen atoms in total. The highest BCUT2D eigenvalue weighted by Gasteiger charge is 2.17. The molecule has 0 aliphatic carbocycles. The van der Waals surface area contributed by atoms with Gasteiger partial charge in [-0.05, 0) is 68.5 Å². The third-order valence-electron chi connectivity index (χ3n) is 5.62. The monoisotopic (exact) mass is 448 g/mol. The molecule has 3 aromatic rings. The Morgan fingerprint density at radius 2 is 1.75 bits per heavy atom. The molecule has 0 spiro atoms. The zero-order chi connectivity index (χ0) is 22.5. The molecule has 32 heavy (non-hydrogen) atoms. The Balaban J connectivity index is 1.54. The van der Waals surface area contributed by atoms with Gasteiger partial charge in [0.15, 0.2) is 0 Å². The topological polar surface area (TPSA) is 82.3 Å². The number of aliphatic hydroxyl groups excluding tert-OH is 1. The molecular weight excluding hydrogens is 420 g/mol. The Bertz CT molecular complexity index is 1120. The number of benzene rings is 2. The number of rotatable bonds is 7. The lowest BCUT2D eigenvalue weighted by molar-refractivity contribution is 0.229. The largest absolute Gasteiger partial charge is 0.490 e. The number of aromatic nitrogens is 2. The molecule has 4 rings (SSSR count). The summed E-state index contributed by atoms with van der Waals surface area (Å²) in [5, 5.41) is 29.1. The van der Waals surface area contributed by atoms with Gasteiger partial charge in [0.25, 0.3) is 0 Å². The van der Waals surface area contributed by atoms with E-state index in [1.54, 1.807) is 0 Å². The predicted octanol–water partition coefficient (Wildman–Crippen LogP) is 4.31. The summed E-state index contributed by atoms with van der Waals surface area (Å²) in [4.78, 5) is 2.43. The fraction of sp³-hybridized carbons (Fsp3) is 0.400. The Morgan fingerprint density at radius 1 is 1.06 bits per heavy atom. The Labute approximate surface area is 193 Å². The van der Waals surface area contributed by atoms with Crippen LogP contribution in [0.2, 0.25) is 0 Å². The summed E-state index contributed by atoms with van der Waals surface area (Å²) < 4.78 is 5.72. The highest BCUT2D eigenvalue weighted by atomic mass is 32.1. The van der Waals surface area contributed by atoms with Gasteiger partial charge in [-0.25, -0.2) is 0 Å². The first-order valence-electron chi connectivity index (χ1n) is 11.1. The Morgan fingerprint density at radius 3 is 2.44 bits per heavy atom. The standard InChI is InChI=1S/C25H28N4O2S/c1-17(2)31-23-7-6-21(15-22(23)16-26)25-28-27-24(32-25)20-5-4-18-8-11-29(10-3-13-30)12-9-19(18)14-20/h4-7,14-15,17,30H,3,8-13H2,1-2H3. The van der Waals surface area contributed by atoms with Crippen LogP contribution in [0.1, 0.15) is 37.0 Å². The van der Waals surface area contributed by atoms with Gasteiger partial charge in [0, 0.05) is 37.4 Å². The second kappa shape index (κ2) is 10.2. The zero-order valence-electron chi connectivity index (χ0n) is 18.5. The molecule has 0 radical (unpaired) electrons. The second-order valence-corrected chi connectivity index (χ2v) is 9.28. The lowest BCUT2D eigenvalue weighted by Crippen LogP contribution is -2.28. The van der Waals surface area contributed by atoms with Crippen molar-refractivity contribution >= 4 is 11.3 Å². The van der Waals surface area contributed by atoms with Gasteiger partial charge >= 0.3 is 0 Å². The van der Waals surface area contributed by atoms with Crippen molar-refractivity contribution in [2.75, 3.05) is 26.2 Å². The Hall–Kier alpha value is -2.79. The van der Waals surface area contributed by atoms with Crippen LogP contribution in [-0.4, -0.2) is 52.5 Å². The van der Waals surface area contributed by atoms with Crippen LogP contribution in [0.3, 0.4) is 0 Å². The van der Waals surface area contributed by atoms with Gasteiger partial charge < -0.3 is 14.7 Å². The molecular formula is C25H28N4O2S. The third kappa shape index (κ3) is 5.16. The van der Waals surface area contributed by atoms with Crippen LogP contribution in [0.4, 0.5) is 0 Å². The number of fused-ring (bicyclic) bond motifs is 1. The fourth-order valence-corrected chi connectivity index (χ4v) is 4.82. The normalized spacial score (nSPS) is 14.1. The molecule has 166 valence electrons. The summed E-state index contributed by atoms with van der Waals surface area (Å²) in [7, 11) is 0. The average Bonchev–Trinajstić information content (AvgIpc) is 3.20. The number of aliphatic hydroxyl groups is 1. The molecule has 0 unspecified atom stereocenters. The van der Waals surface area contributed by atoms with Crippen molar-refractivity contribution < 1.29 is 9.84 Å². The van der Waals surface area contributed by atoms with E-state index in [2.05, 4.69) is 39.4 Å². The smallest absolute Gasteiger partial charge is 0.148 e. The molecule has 0 fully saturated rings. The van der Waals surface area contributed by atoms with Crippen molar-refractivity contribution in [3.8, 4) is 33.0 Å². The molecule has 0 atom stereocenters. The lowest BCUT2D eigenvalue weighted by Gasteiger charge is -2.18. The number of nitriles is 1. The summed E-state index contributed by atoms with van der Waals surface area (Å²) in [6.07, 6.45) is 2.87. The summed E-state index contributed by atoms with van der Waals surface area (Å²) in [6, 6.07) is 14.4. The summed E-state index contributed by atoms with van der Waals surface area (Å²) in [6.45, 7) is 7.13. The molecule has 7 heteroatoms. The van der Waals surface area contributed by atoms with Crippen LogP contribution in [-0.2, 0) is 12.8 Å².